The molecule has 0 amide bonds. The Bertz CT molecular complexity index is 1430. The molecule has 42 heavy (non-hydrogen) atoms. The van der Waals surface area contributed by atoms with Gasteiger partial charge in [0.2, 0.25) is 4.90 Å². The van der Waals surface area contributed by atoms with Gasteiger partial charge in [0.05, 0.1) is 23.2 Å². The van der Waals surface area contributed by atoms with Crippen LogP contribution in [0.25, 0.3) is 0 Å². The van der Waals surface area contributed by atoms with Crippen LogP contribution in [0.4, 0.5) is 0 Å². The molecular weight excluding hydrogens is 569 g/mol. The average molecular weight is 609 g/mol. The molecule has 4 rings (SSSR count). The summed E-state index contributed by atoms with van der Waals surface area (Å²) in [5, 5.41) is 0. The van der Waals surface area contributed by atoms with Crippen molar-refractivity contribution in [3.8, 4) is 17.2 Å². The van der Waals surface area contributed by atoms with Gasteiger partial charge in [-0.25, -0.2) is 8.42 Å². The van der Waals surface area contributed by atoms with E-state index in [2.05, 4.69) is 48.5 Å². The van der Waals surface area contributed by atoms with Crippen LogP contribution in [0.3, 0.4) is 0 Å². The highest BCUT2D eigenvalue weighted by atomic mass is 32.2. The van der Waals surface area contributed by atoms with Gasteiger partial charge in [-0.2, -0.15) is 0 Å². The van der Waals surface area contributed by atoms with Crippen LogP contribution < -0.4 is 14.2 Å². The van der Waals surface area contributed by atoms with E-state index in [0.717, 1.165) is 27.7 Å². The summed E-state index contributed by atoms with van der Waals surface area (Å²) in [5.41, 5.74) is 0.928. The van der Waals surface area contributed by atoms with Crippen molar-refractivity contribution in [1.82, 2.24) is 0 Å². The first kappa shape index (κ1) is 33.0. The van der Waals surface area contributed by atoms with Crippen molar-refractivity contribution in [3.63, 3.8) is 0 Å². The van der Waals surface area contributed by atoms with Gasteiger partial charge in [-0.1, -0.05) is 54.1 Å². The van der Waals surface area contributed by atoms with Crippen molar-refractivity contribution in [2.45, 2.75) is 86.4 Å². The van der Waals surface area contributed by atoms with E-state index in [1.807, 2.05) is 72.7 Å². The highest BCUT2D eigenvalue weighted by Gasteiger charge is 2.37. The summed E-state index contributed by atoms with van der Waals surface area (Å²) in [4.78, 5) is 3.31. The summed E-state index contributed by atoms with van der Waals surface area (Å²) >= 11 is 0. The maximum Gasteiger partial charge on any atom is 0.250 e. The largest absolute Gasteiger partial charge is 0.744 e. The minimum atomic E-state index is -4.27. The second kappa shape index (κ2) is 15.1. The molecule has 224 valence electrons. The maximum atomic E-state index is 10.4. The van der Waals surface area contributed by atoms with E-state index in [1.54, 1.807) is 12.1 Å². The molecule has 0 aromatic heterocycles. The van der Waals surface area contributed by atoms with Crippen molar-refractivity contribution in [1.29, 1.82) is 0 Å². The Morgan fingerprint density at radius 1 is 0.619 bits per heavy atom. The zero-order valence-electron chi connectivity index (χ0n) is 25.2. The van der Waals surface area contributed by atoms with E-state index >= 15 is 0 Å². The molecule has 0 unspecified atom stereocenters. The van der Waals surface area contributed by atoms with E-state index < -0.39 is 21.0 Å². The van der Waals surface area contributed by atoms with E-state index in [-0.39, 0.29) is 23.2 Å². The molecule has 0 N–H and O–H groups in total. The van der Waals surface area contributed by atoms with Crippen molar-refractivity contribution >= 4 is 21.0 Å². The quantitative estimate of drug-likeness (QED) is 0.134. The third-order valence-electron chi connectivity index (χ3n) is 5.56. The van der Waals surface area contributed by atoms with Crippen molar-refractivity contribution in [2.75, 3.05) is 0 Å². The average Bonchev–Trinajstić information content (AvgIpc) is 2.91. The summed E-state index contributed by atoms with van der Waals surface area (Å²) in [5.74, 6) is 2.37. The zero-order valence-corrected chi connectivity index (χ0v) is 26.9. The molecule has 4 aromatic rings. The number of benzene rings is 4. The molecule has 0 heterocycles. The van der Waals surface area contributed by atoms with Gasteiger partial charge in [-0.15, -0.1) is 0 Å². The van der Waals surface area contributed by atoms with Crippen LogP contribution in [0, 0.1) is 6.92 Å². The Morgan fingerprint density at radius 3 is 1.38 bits per heavy atom. The summed E-state index contributed by atoms with van der Waals surface area (Å²) in [7, 11) is -4.67. The molecule has 8 heteroatoms. The molecule has 4 aromatic carbocycles. The summed E-state index contributed by atoms with van der Waals surface area (Å²) in [6.45, 7) is 14.1. The van der Waals surface area contributed by atoms with E-state index in [4.69, 9.17) is 14.2 Å². The molecule has 0 fully saturated rings. The van der Waals surface area contributed by atoms with Crippen LogP contribution in [0.2, 0.25) is 0 Å². The van der Waals surface area contributed by atoms with Crippen LogP contribution in [-0.2, 0) is 21.0 Å². The lowest BCUT2D eigenvalue weighted by atomic mass is 10.2. The van der Waals surface area contributed by atoms with E-state index in [0.29, 0.717) is 0 Å². The monoisotopic (exact) mass is 608 g/mol. The first-order chi connectivity index (χ1) is 19.8. The number of hydrogen-bond donors (Lipinski definition) is 0. The van der Waals surface area contributed by atoms with Gasteiger partial charge < -0.3 is 18.8 Å². The lowest BCUT2D eigenvalue weighted by molar-refractivity contribution is 0.207. The SMILES string of the molecule is CC(C)Oc1cc(OC(C)C)c([S+](c2ccccc2)c2ccccc2)c(OC(C)C)c1.Cc1ccc(S(=O)(=O)[O-])cc1. The number of rotatable bonds is 10. The molecule has 6 nitrogen and oxygen atoms in total. The molecule has 0 aliphatic rings. The predicted octanol–water partition coefficient (Wildman–Crippen LogP) is 8.04. The maximum absolute atomic E-state index is 10.4. The van der Waals surface area contributed by atoms with E-state index in [9.17, 15) is 13.0 Å². The number of hydrogen-bond acceptors (Lipinski definition) is 6. The van der Waals surface area contributed by atoms with Gasteiger partial charge in [0.25, 0.3) is 0 Å². The topological polar surface area (TPSA) is 84.9 Å². The van der Waals surface area contributed by atoms with Crippen LogP contribution >= 0.6 is 0 Å². The van der Waals surface area contributed by atoms with Crippen LogP contribution in [0.5, 0.6) is 17.2 Å². The standard InChI is InChI=1S/C27H33O3S.C7H8O3S/c1-19(2)28-22-17-25(29-20(3)4)27(26(18-22)30-21(5)6)31(23-13-9-7-10-14-23)24-15-11-8-12-16-24;1-6-2-4-7(5-3-6)11(8,9)10/h7-21H,1-6H3;2-5H,1H3,(H,8,9,10)/q+1;/p-1. The van der Waals surface area contributed by atoms with Crippen LogP contribution in [0.1, 0.15) is 47.1 Å². The van der Waals surface area contributed by atoms with Gasteiger partial charge in [0, 0.05) is 12.1 Å². The highest BCUT2D eigenvalue weighted by molar-refractivity contribution is 7.97. The van der Waals surface area contributed by atoms with Crippen molar-refractivity contribution < 1.29 is 27.2 Å². The summed E-state index contributed by atoms with van der Waals surface area (Å²) in [6, 6.07) is 30.9. The molecular formula is C34H40O6S2. The van der Waals surface area contributed by atoms with Gasteiger partial charge in [0.15, 0.2) is 21.3 Å². The second-order valence-corrected chi connectivity index (χ2v) is 13.8. The van der Waals surface area contributed by atoms with Crippen LogP contribution in [0.15, 0.2) is 117 Å². The minimum Gasteiger partial charge on any atom is -0.744 e. The van der Waals surface area contributed by atoms with Crippen molar-refractivity contribution in [2.24, 2.45) is 0 Å². The number of ether oxygens (including phenoxy) is 3. The molecule has 0 radical (unpaired) electrons. The zero-order chi connectivity index (χ0) is 30.9. The fourth-order valence-electron chi connectivity index (χ4n) is 3.97. The van der Waals surface area contributed by atoms with Crippen LogP contribution in [-0.4, -0.2) is 31.3 Å². The van der Waals surface area contributed by atoms with Gasteiger partial charge in [-0.3, -0.25) is 0 Å². The third-order valence-corrected chi connectivity index (χ3v) is 8.71. The fraction of sp³-hybridized carbons (Fsp3) is 0.294. The Labute approximate surface area is 253 Å². The van der Waals surface area contributed by atoms with E-state index in [1.165, 1.54) is 21.9 Å². The molecule has 0 saturated carbocycles. The fourth-order valence-corrected chi connectivity index (χ4v) is 6.65. The normalized spacial score (nSPS) is 11.4. The van der Waals surface area contributed by atoms with Crippen molar-refractivity contribution in [3.05, 3.63) is 103 Å². The molecule has 0 atom stereocenters. The van der Waals surface area contributed by atoms with Gasteiger partial charge in [0.1, 0.15) is 26.8 Å². The highest BCUT2D eigenvalue weighted by Crippen LogP contribution is 2.45. The lowest BCUT2D eigenvalue weighted by Crippen LogP contribution is -2.16. The molecule has 0 spiro atoms. The smallest absolute Gasteiger partial charge is 0.250 e. The number of aryl methyl sites for hydroxylation is 1. The third kappa shape index (κ3) is 9.82. The Hall–Kier alpha value is -3.46. The molecule has 0 aliphatic heterocycles. The predicted molar refractivity (Wildman–Crippen MR) is 168 cm³/mol. The van der Waals surface area contributed by atoms with Gasteiger partial charge >= 0.3 is 0 Å². The molecule has 0 saturated heterocycles. The lowest BCUT2D eigenvalue weighted by Gasteiger charge is -2.21. The second-order valence-electron chi connectivity index (χ2n) is 10.4. The Kier molecular flexibility index (Phi) is 11.9. The molecule has 0 bridgehead atoms. The Morgan fingerprint density at radius 2 is 1.02 bits per heavy atom. The molecule has 0 aliphatic carbocycles. The first-order valence-electron chi connectivity index (χ1n) is 13.9. The minimum absolute atomic E-state index is 0.0250. The summed E-state index contributed by atoms with van der Waals surface area (Å²) in [6.07, 6.45) is 0.111. The Balaban J connectivity index is 0.000000369. The summed E-state index contributed by atoms with van der Waals surface area (Å²) < 4.78 is 49.9. The first-order valence-corrected chi connectivity index (χ1v) is 16.5. The van der Waals surface area contributed by atoms with Gasteiger partial charge in [-0.05, 0) is 84.9 Å².